The fourth-order valence-corrected chi connectivity index (χ4v) is 1.39. The lowest BCUT2D eigenvalue weighted by atomic mass is 10.2. The quantitative estimate of drug-likeness (QED) is 0.603. The fraction of sp³-hybridized carbons (Fsp3) is 0.300. The molecular weight excluding hydrogens is 212 g/mol. The molecule has 0 aliphatic carbocycles. The van der Waals surface area contributed by atoms with Crippen LogP contribution in [0, 0.1) is 10.1 Å². The van der Waals surface area contributed by atoms with Gasteiger partial charge in [-0.05, 0) is 12.1 Å². The molecule has 6 heteroatoms. The zero-order valence-corrected chi connectivity index (χ0v) is 8.37. The molecule has 1 N–H and O–H groups in total. The number of nitro benzene ring substituents is 1. The Bertz CT molecular complexity index is 427. The monoisotopic (exact) mass is 222 g/mol. The summed E-state index contributed by atoms with van der Waals surface area (Å²) in [7, 11) is 0. The van der Waals surface area contributed by atoms with Gasteiger partial charge in [-0.25, -0.2) is 4.99 Å². The minimum atomic E-state index is -0.461. The number of rotatable bonds is 3. The molecule has 1 aromatic rings. The highest BCUT2D eigenvalue weighted by molar-refractivity contribution is 5.95. The summed E-state index contributed by atoms with van der Waals surface area (Å²) in [5.41, 5.74) is 0.711. The number of nitro groups is 1. The Hall–Kier alpha value is -1.95. The Balaban J connectivity index is 2.19. The Kier molecular flexibility index (Phi) is 2.82. The number of ether oxygens (including phenoxy) is 1. The number of non-ortho nitro benzene ring substituents is 1. The summed E-state index contributed by atoms with van der Waals surface area (Å²) in [6, 6.07) is 5.72. The van der Waals surface area contributed by atoms with Gasteiger partial charge in [-0.15, -0.1) is 0 Å². The van der Waals surface area contributed by atoms with Crippen molar-refractivity contribution < 1.29 is 14.8 Å². The molecule has 0 saturated carbocycles. The van der Waals surface area contributed by atoms with Crippen molar-refractivity contribution in [2.75, 3.05) is 13.2 Å². The van der Waals surface area contributed by atoms with E-state index in [-0.39, 0.29) is 18.3 Å². The van der Waals surface area contributed by atoms with E-state index in [2.05, 4.69) is 4.99 Å². The van der Waals surface area contributed by atoms with Crippen molar-refractivity contribution in [3.8, 4) is 0 Å². The Morgan fingerprint density at radius 2 is 2.19 bits per heavy atom. The van der Waals surface area contributed by atoms with Crippen LogP contribution in [0.25, 0.3) is 0 Å². The van der Waals surface area contributed by atoms with E-state index >= 15 is 0 Å². The first-order valence-electron chi connectivity index (χ1n) is 4.77. The smallest absolute Gasteiger partial charge is 0.269 e. The first-order valence-corrected chi connectivity index (χ1v) is 4.77. The molecule has 2 rings (SSSR count). The number of benzene rings is 1. The van der Waals surface area contributed by atoms with Gasteiger partial charge in [0, 0.05) is 17.7 Å². The Labute approximate surface area is 91.3 Å². The second-order valence-corrected chi connectivity index (χ2v) is 3.39. The normalized spacial score (nSPS) is 19.1. The molecule has 84 valence electrons. The van der Waals surface area contributed by atoms with Crippen LogP contribution < -0.4 is 0 Å². The van der Waals surface area contributed by atoms with Gasteiger partial charge in [0.15, 0.2) is 0 Å². The third-order valence-corrected chi connectivity index (χ3v) is 2.25. The van der Waals surface area contributed by atoms with Gasteiger partial charge in [0.05, 0.1) is 11.5 Å². The predicted octanol–water partition coefficient (Wildman–Crippen LogP) is 0.732. The topological polar surface area (TPSA) is 85.0 Å². The van der Waals surface area contributed by atoms with Gasteiger partial charge in [-0.3, -0.25) is 10.1 Å². The summed E-state index contributed by atoms with van der Waals surface area (Å²) >= 11 is 0. The van der Waals surface area contributed by atoms with E-state index in [0.29, 0.717) is 18.1 Å². The lowest BCUT2D eigenvalue weighted by molar-refractivity contribution is -0.384. The maximum atomic E-state index is 10.4. The molecule has 1 atom stereocenters. The van der Waals surface area contributed by atoms with Crippen molar-refractivity contribution in [2.24, 2.45) is 4.99 Å². The average Bonchev–Trinajstić information content (AvgIpc) is 2.77. The zero-order valence-electron chi connectivity index (χ0n) is 8.37. The third-order valence-electron chi connectivity index (χ3n) is 2.25. The standard InChI is InChI=1S/C10H10N2O4/c13-5-8-6-16-10(11-8)7-1-3-9(4-2-7)12(14)15/h1-4,8,13H,5-6H2/t8-/m1/s1. The molecule has 1 aliphatic rings. The van der Waals surface area contributed by atoms with Gasteiger partial charge in [-0.1, -0.05) is 0 Å². The highest BCUT2D eigenvalue weighted by atomic mass is 16.6. The van der Waals surface area contributed by atoms with Crippen LogP contribution in [0.15, 0.2) is 29.3 Å². The molecule has 0 fully saturated rings. The molecule has 0 amide bonds. The summed E-state index contributed by atoms with van der Waals surface area (Å²) < 4.78 is 5.26. The fourth-order valence-electron chi connectivity index (χ4n) is 1.39. The van der Waals surface area contributed by atoms with E-state index in [9.17, 15) is 10.1 Å². The van der Waals surface area contributed by atoms with Crippen LogP contribution >= 0.6 is 0 Å². The number of aliphatic imine (C=N–C) groups is 1. The Morgan fingerprint density at radius 3 is 2.69 bits per heavy atom. The molecule has 0 spiro atoms. The molecular formula is C10H10N2O4. The lowest BCUT2D eigenvalue weighted by Gasteiger charge is -2.00. The summed E-state index contributed by atoms with van der Waals surface area (Å²) in [6.07, 6.45) is 0. The van der Waals surface area contributed by atoms with Crippen LogP contribution in [0.4, 0.5) is 5.69 Å². The minimum Gasteiger partial charge on any atom is -0.475 e. The van der Waals surface area contributed by atoms with Gasteiger partial charge in [0.1, 0.15) is 12.6 Å². The molecule has 1 aliphatic heterocycles. The average molecular weight is 222 g/mol. The Morgan fingerprint density at radius 1 is 1.50 bits per heavy atom. The SMILES string of the molecule is O=[N+]([O-])c1ccc(C2=N[C@H](CO)CO2)cc1. The third kappa shape index (κ3) is 2.01. The van der Waals surface area contributed by atoms with E-state index < -0.39 is 4.92 Å². The molecule has 0 radical (unpaired) electrons. The summed E-state index contributed by atoms with van der Waals surface area (Å²) in [4.78, 5) is 14.1. The number of nitrogens with zero attached hydrogens (tertiary/aromatic N) is 2. The summed E-state index contributed by atoms with van der Waals surface area (Å²) in [5, 5.41) is 19.3. The van der Waals surface area contributed by atoms with Crippen molar-refractivity contribution in [1.82, 2.24) is 0 Å². The molecule has 0 unspecified atom stereocenters. The molecule has 1 aromatic carbocycles. The van der Waals surface area contributed by atoms with E-state index in [4.69, 9.17) is 9.84 Å². The number of hydrogen-bond acceptors (Lipinski definition) is 5. The number of hydrogen-bond donors (Lipinski definition) is 1. The second-order valence-electron chi connectivity index (χ2n) is 3.39. The molecule has 0 bridgehead atoms. The molecule has 0 saturated heterocycles. The predicted molar refractivity (Wildman–Crippen MR) is 56.5 cm³/mol. The highest BCUT2D eigenvalue weighted by Gasteiger charge is 2.19. The molecule has 16 heavy (non-hydrogen) atoms. The van der Waals surface area contributed by atoms with E-state index in [1.165, 1.54) is 12.1 Å². The number of aliphatic hydroxyl groups is 1. The molecule has 1 heterocycles. The van der Waals surface area contributed by atoms with Crippen LogP contribution in [0.2, 0.25) is 0 Å². The summed E-state index contributed by atoms with van der Waals surface area (Å²) in [6.45, 7) is 0.291. The van der Waals surface area contributed by atoms with Crippen LogP contribution in [0.1, 0.15) is 5.56 Å². The minimum absolute atomic E-state index is 0.0288. The molecule has 0 aromatic heterocycles. The van der Waals surface area contributed by atoms with Gasteiger partial charge in [0.2, 0.25) is 5.90 Å². The maximum absolute atomic E-state index is 10.4. The van der Waals surface area contributed by atoms with Crippen LogP contribution in [0.5, 0.6) is 0 Å². The van der Waals surface area contributed by atoms with Crippen LogP contribution in [-0.4, -0.2) is 35.2 Å². The highest BCUT2D eigenvalue weighted by Crippen LogP contribution is 2.16. The van der Waals surface area contributed by atoms with Crippen molar-refractivity contribution >= 4 is 11.6 Å². The number of aliphatic hydroxyl groups excluding tert-OH is 1. The van der Waals surface area contributed by atoms with Crippen molar-refractivity contribution in [2.45, 2.75) is 6.04 Å². The summed E-state index contributed by atoms with van der Waals surface area (Å²) in [5.74, 6) is 0.425. The van der Waals surface area contributed by atoms with Crippen molar-refractivity contribution in [1.29, 1.82) is 0 Å². The lowest BCUT2D eigenvalue weighted by Crippen LogP contribution is -2.10. The van der Waals surface area contributed by atoms with E-state index in [1.54, 1.807) is 12.1 Å². The van der Waals surface area contributed by atoms with Gasteiger partial charge < -0.3 is 9.84 Å². The van der Waals surface area contributed by atoms with Crippen LogP contribution in [0.3, 0.4) is 0 Å². The van der Waals surface area contributed by atoms with Crippen molar-refractivity contribution in [3.63, 3.8) is 0 Å². The van der Waals surface area contributed by atoms with Crippen LogP contribution in [-0.2, 0) is 4.74 Å². The second kappa shape index (κ2) is 4.28. The van der Waals surface area contributed by atoms with Gasteiger partial charge >= 0.3 is 0 Å². The first-order chi connectivity index (χ1) is 7.70. The largest absolute Gasteiger partial charge is 0.475 e. The first kappa shape index (κ1) is 10.6. The van der Waals surface area contributed by atoms with E-state index in [1.807, 2.05) is 0 Å². The molecule has 6 nitrogen and oxygen atoms in total. The van der Waals surface area contributed by atoms with Gasteiger partial charge in [0.25, 0.3) is 5.69 Å². The van der Waals surface area contributed by atoms with Crippen molar-refractivity contribution in [3.05, 3.63) is 39.9 Å². The van der Waals surface area contributed by atoms with Gasteiger partial charge in [-0.2, -0.15) is 0 Å². The maximum Gasteiger partial charge on any atom is 0.269 e. The zero-order chi connectivity index (χ0) is 11.5. The van der Waals surface area contributed by atoms with E-state index in [0.717, 1.165) is 0 Å².